The molecule has 0 aliphatic carbocycles. The van der Waals surface area contributed by atoms with Crippen LogP contribution in [0.25, 0.3) is 0 Å². The first kappa shape index (κ1) is 15.1. The molecule has 0 spiro atoms. The molecule has 1 saturated heterocycles. The van der Waals surface area contributed by atoms with Gasteiger partial charge >= 0.3 is 0 Å². The van der Waals surface area contributed by atoms with Gasteiger partial charge in [0.25, 0.3) is 5.69 Å². The summed E-state index contributed by atoms with van der Waals surface area (Å²) in [4.78, 5) is 10.3. The standard InChI is InChI=1S/C14H19ClN2O3/c1-3-14(2)9-11(6-7-20-14)16-10-4-5-13(17(18)19)12(15)8-10/h4-5,8,11,16H,3,6-7,9H2,1-2H3. The van der Waals surface area contributed by atoms with E-state index in [9.17, 15) is 10.1 Å². The largest absolute Gasteiger partial charge is 0.382 e. The summed E-state index contributed by atoms with van der Waals surface area (Å²) in [6.07, 6.45) is 2.80. The molecule has 0 radical (unpaired) electrons. The van der Waals surface area contributed by atoms with Gasteiger partial charge in [0.2, 0.25) is 0 Å². The lowest BCUT2D eigenvalue weighted by molar-refractivity contribution is -0.384. The van der Waals surface area contributed by atoms with Crippen molar-refractivity contribution in [2.75, 3.05) is 11.9 Å². The van der Waals surface area contributed by atoms with Crippen LogP contribution in [0.15, 0.2) is 18.2 Å². The predicted molar refractivity (Wildman–Crippen MR) is 79.4 cm³/mol. The van der Waals surface area contributed by atoms with E-state index in [0.29, 0.717) is 6.04 Å². The first-order chi connectivity index (χ1) is 9.43. The number of ether oxygens (including phenoxy) is 1. The van der Waals surface area contributed by atoms with E-state index in [2.05, 4.69) is 19.2 Å². The number of rotatable bonds is 4. The van der Waals surface area contributed by atoms with E-state index in [0.717, 1.165) is 31.6 Å². The van der Waals surface area contributed by atoms with Gasteiger partial charge in [0.1, 0.15) is 5.02 Å². The Bertz CT molecular complexity index is 509. The molecule has 0 bridgehead atoms. The van der Waals surface area contributed by atoms with Crippen molar-refractivity contribution in [1.29, 1.82) is 0 Å². The number of hydrogen-bond acceptors (Lipinski definition) is 4. The highest BCUT2D eigenvalue weighted by atomic mass is 35.5. The summed E-state index contributed by atoms with van der Waals surface area (Å²) in [5, 5.41) is 14.3. The van der Waals surface area contributed by atoms with Gasteiger partial charge in [0, 0.05) is 24.4 Å². The molecule has 2 rings (SSSR count). The summed E-state index contributed by atoms with van der Waals surface area (Å²) >= 11 is 5.92. The van der Waals surface area contributed by atoms with Gasteiger partial charge in [-0.3, -0.25) is 10.1 Å². The Morgan fingerprint density at radius 2 is 2.35 bits per heavy atom. The molecular weight excluding hydrogens is 280 g/mol. The Kier molecular flexibility index (Phi) is 4.50. The molecule has 1 aromatic rings. The maximum Gasteiger partial charge on any atom is 0.288 e. The van der Waals surface area contributed by atoms with E-state index in [1.54, 1.807) is 12.1 Å². The number of anilines is 1. The second-order valence-electron chi connectivity index (χ2n) is 5.41. The van der Waals surface area contributed by atoms with E-state index in [1.807, 2.05) is 0 Å². The van der Waals surface area contributed by atoms with Crippen molar-refractivity contribution in [2.45, 2.75) is 44.8 Å². The third-order valence-electron chi connectivity index (χ3n) is 3.86. The summed E-state index contributed by atoms with van der Waals surface area (Å²) in [7, 11) is 0. The van der Waals surface area contributed by atoms with Gasteiger partial charge in [0.15, 0.2) is 0 Å². The normalized spacial score (nSPS) is 26.2. The lowest BCUT2D eigenvalue weighted by atomic mass is 9.90. The van der Waals surface area contributed by atoms with E-state index >= 15 is 0 Å². The van der Waals surface area contributed by atoms with Crippen molar-refractivity contribution in [1.82, 2.24) is 0 Å². The van der Waals surface area contributed by atoms with Crippen LogP contribution in [0.5, 0.6) is 0 Å². The van der Waals surface area contributed by atoms with E-state index in [-0.39, 0.29) is 16.3 Å². The predicted octanol–water partition coefficient (Wildman–Crippen LogP) is 4.01. The van der Waals surface area contributed by atoms with Crippen LogP contribution in [0.3, 0.4) is 0 Å². The van der Waals surface area contributed by atoms with Gasteiger partial charge in [-0.1, -0.05) is 18.5 Å². The fourth-order valence-electron chi connectivity index (χ4n) is 2.48. The van der Waals surface area contributed by atoms with Crippen molar-refractivity contribution >= 4 is 23.0 Å². The topological polar surface area (TPSA) is 64.4 Å². The van der Waals surface area contributed by atoms with Crippen molar-refractivity contribution in [3.63, 3.8) is 0 Å². The zero-order chi connectivity index (χ0) is 14.8. The maximum atomic E-state index is 10.7. The molecule has 20 heavy (non-hydrogen) atoms. The van der Waals surface area contributed by atoms with Crippen LogP contribution in [0, 0.1) is 10.1 Å². The van der Waals surface area contributed by atoms with Crippen molar-refractivity contribution in [2.24, 2.45) is 0 Å². The first-order valence-corrected chi connectivity index (χ1v) is 7.16. The highest BCUT2D eigenvalue weighted by Gasteiger charge is 2.31. The summed E-state index contributed by atoms with van der Waals surface area (Å²) in [5.74, 6) is 0. The number of nitro benzene ring substituents is 1. The van der Waals surface area contributed by atoms with Crippen molar-refractivity contribution in [3.05, 3.63) is 33.3 Å². The lowest BCUT2D eigenvalue weighted by Gasteiger charge is -2.38. The minimum Gasteiger partial charge on any atom is -0.382 e. The highest BCUT2D eigenvalue weighted by molar-refractivity contribution is 6.32. The zero-order valence-corrected chi connectivity index (χ0v) is 12.4. The number of nitrogens with one attached hydrogen (secondary N) is 1. The van der Waals surface area contributed by atoms with E-state index in [1.165, 1.54) is 6.07 Å². The molecule has 1 aliphatic heterocycles. The number of nitro groups is 1. The quantitative estimate of drug-likeness (QED) is 0.674. The molecule has 0 amide bonds. The number of hydrogen-bond donors (Lipinski definition) is 1. The fourth-order valence-corrected chi connectivity index (χ4v) is 2.73. The smallest absolute Gasteiger partial charge is 0.288 e. The van der Waals surface area contributed by atoms with Gasteiger partial charge in [-0.2, -0.15) is 0 Å². The lowest BCUT2D eigenvalue weighted by Crippen LogP contribution is -2.41. The molecule has 0 saturated carbocycles. The second-order valence-corrected chi connectivity index (χ2v) is 5.82. The third-order valence-corrected chi connectivity index (χ3v) is 4.16. The molecule has 2 atom stereocenters. The van der Waals surface area contributed by atoms with Crippen LogP contribution in [0.1, 0.15) is 33.1 Å². The zero-order valence-electron chi connectivity index (χ0n) is 11.7. The highest BCUT2D eigenvalue weighted by Crippen LogP contribution is 2.31. The van der Waals surface area contributed by atoms with Crippen LogP contribution in [0.4, 0.5) is 11.4 Å². The second kappa shape index (κ2) is 5.97. The molecule has 1 heterocycles. The number of nitrogens with zero attached hydrogens (tertiary/aromatic N) is 1. The third kappa shape index (κ3) is 3.41. The average Bonchev–Trinajstić information content (AvgIpc) is 2.38. The average molecular weight is 299 g/mol. The molecule has 1 aromatic carbocycles. The van der Waals surface area contributed by atoms with Gasteiger partial charge in [-0.25, -0.2) is 0 Å². The first-order valence-electron chi connectivity index (χ1n) is 6.78. The van der Waals surface area contributed by atoms with Crippen LogP contribution >= 0.6 is 11.6 Å². The molecule has 0 aromatic heterocycles. The Morgan fingerprint density at radius 1 is 1.60 bits per heavy atom. The molecule has 5 nitrogen and oxygen atoms in total. The Hall–Kier alpha value is -1.33. The summed E-state index contributed by atoms with van der Waals surface area (Å²) in [6, 6.07) is 5.04. The SMILES string of the molecule is CCC1(C)CC(Nc2ccc([N+](=O)[O-])c(Cl)c2)CCO1. The van der Waals surface area contributed by atoms with Gasteiger partial charge in [-0.05, 0) is 38.3 Å². The molecule has 1 N–H and O–H groups in total. The summed E-state index contributed by atoms with van der Waals surface area (Å²) < 4.78 is 5.80. The molecule has 2 unspecified atom stereocenters. The molecule has 1 aliphatic rings. The Morgan fingerprint density at radius 3 is 2.95 bits per heavy atom. The number of benzene rings is 1. The van der Waals surface area contributed by atoms with Crippen LogP contribution in [-0.2, 0) is 4.74 Å². The summed E-state index contributed by atoms with van der Waals surface area (Å²) in [5.41, 5.74) is 0.647. The minimum atomic E-state index is -0.477. The minimum absolute atomic E-state index is 0.0670. The van der Waals surface area contributed by atoms with Crippen LogP contribution < -0.4 is 5.32 Å². The molecular formula is C14H19ClN2O3. The van der Waals surface area contributed by atoms with Crippen LogP contribution in [-0.4, -0.2) is 23.2 Å². The molecule has 1 fully saturated rings. The Labute approximate surface area is 123 Å². The number of halogens is 1. The molecule has 6 heteroatoms. The fraction of sp³-hybridized carbons (Fsp3) is 0.571. The van der Waals surface area contributed by atoms with Crippen molar-refractivity contribution < 1.29 is 9.66 Å². The summed E-state index contributed by atoms with van der Waals surface area (Å²) in [6.45, 7) is 4.96. The van der Waals surface area contributed by atoms with Gasteiger partial charge in [-0.15, -0.1) is 0 Å². The van der Waals surface area contributed by atoms with Gasteiger partial charge < -0.3 is 10.1 Å². The van der Waals surface area contributed by atoms with Crippen LogP contribution in [0.2, 0.25) is 5.02 Å². The molecule has 110 valence electrons. The van der Waals surface area contributed by atoms with Crippen molar-refractivity contribution in [3.8, 4) is 0 Å². The Balaban J connectivity index is 2.07. The van der Waals surface area contributed by atoms with E-state index in [4.69, 9.17) is 16.3 Å². The monoisotopic (exact) mass is 298 g/mol. The van der Waals surface area contributed by atoms with E-state index < -0.39 is 4.92 Å². The van der Waals surface area contributed by atoms with Gasteiger partial charge in [0.05, 0.1) is 10.5 Å². The maximum absolute atomic E-state index is 10.7.